The second kappa shape index (κ2) is 10.3. The van der Waals surface area contributed by atoms with Gasteiger partial charge in [0.1, 0.15) is 0 Å². The summed E-state index contributed by atoms with van der Waals surface area (Å²) >= 11 is 1.31. The molecule has 1 aromatic heterocycles. The van der Waals surface area contributed by atoms with Crippen molar-refractivity contribution in [2.75, 3.05) is 48.9 Å². The van der Waals surface area contributed by atoms with Crippen LogP contribution in [0.15, 0.2) is 23.4 Å². The minimum absolute atomic E-state index is 0.00671. The first-order valence-corrected chi connectivity index (χ1v) is 11.5. The molecule has 32 heavy (non-hydrogen) atoms. The van der Waals surface area contributed by atoms with Crippen LogP contribution in [0.3, 0.4) is 0 Å². The summed E-state index contributed by atoms with van der Waals surface area (Å²) in [5, 5.41) is 23.1. The van der Waals surface area contributed by atoms with Crippen LogP contribution in [0, 0.1) is 17.0 Å². The van der Waals surface area contributed by atoms with Gasteiger partial charge in [0.15, 0.2) is 5.16 Å². The predicted octanol–water partition coefficient (Wildman–Crippen LogP) is 2.24. The van der Waals surface area contributed by atoms with Crippen LogP contribution in [0.1, 0.15) is 18.4 Å². The van der Waals surface area contributed by atoms with E-state index >= 15 is 0 Å². The van der Waals surface area contributed by atoms with E-state index in [0.29, 0.717) is 36.2 Å². The average molecular weight is 463 g/mol. The average Bonchev–Trinajstić information content (AvgIpc) is 3.44. The van der Waals surface area contributed by atoms with Crippen molar-refractivity contribution in [3.05, 3.63) is 33.9 Å². The molecule has 12 heteroatoms. The summed E-state index contributed by atoms with van der Waals surface area (Å²) in [7, 11) is 0. The third-order valence-corrected chi connectivity index (χ3v) is 6.40. The Morgan fingerprint density at radius 2 is 2.12 bits per heavy atom. The fourth-order valence-corrected chi connectivity index (χ4v) is 4.50. The normalized spacial score (nSPS) is 18.7. The fraction of sp³-hybridized carbons (Fsp3) is 0.550. The van der Waals surface area contributed by atoms with Crippen LogP contribution >= 0.6 is 11.8 Å². The minimum atomic E-state index is -0.457. The van der Waals surface area contributed by atoms with Gasteiger partial charge in [0.25, 0.3) is 5.69 Å². The van der Waals surface area contributed by atoms with Crippen molar-refractivity contribution in [2.45, 2.75) is 37.6 Å². The molecular formula is C20H26N6O5S. The van der Waals surface area contributed by atoms with Crippen LogP contribution in [0.2, 0.25) is 0 Å². The number of nitro benzene ring substituents is 1. The number of rotatable bonds is 8. The summed E-state index contributed by atoms with van der Waals surface area (Å²) in [5.74, 6) is 0.702. The lowest BCUT2D eigenvalue weighted by molar-refractivity contribution is -0.384. The molecule has 2 aromatic rings. The van der Waals surface area contributed by atoms with Crippen LogP contribution < -0.4 is 10.2 Å². The Hall–Kier alpha value is -2.70. The highest BCUT2D eigenvalue weighted by atomic mass is 32.2. The number of hydrogen-bond donors (Lipinski definition) is 1. The van der Waals surface area contributed by atoms with Gasteiger partial charge in [-0.05, 0) is 31.4 Å². The second-order valence-corrected chi connectivity index (χ2v) is 8.66. The van der Waals surface area contributed by atoms with E-state index in [1.54, 1.807) is 13.0 Å². The van der Waals surface area contributed by atoms with Crippen molar-refractivity contribution >= 4 is 35.0 Å². The largest absolute Gasteiger partial charge is 0.378 e. The van der Waals surface area contributed by atoms with Crippen molar-refractivity contribution in [2.24, 2.45) is 0 Å². The minimum Gasteiger partial charge on any atom is -0.378 e. The molecule has 2 saturated heterocycles. The van der Waals surface area contributed by atoms with Crippen LogP contribution in [0.25, 0.3) is 0 Å². The highest BCUT2D eigenvalue weighted by Gasteiger charge is 2.25. The number of aryl methyl sites for hydroxylation is 1. The molecule has 2 aliphatic heterocycles. The molecule has 2 fully saturated rings. The quantitative estimate of drug-likeness (QED) is 0.357. The van der Waals surface area contributed by atoms with Gasteiger partial charge in [-0.25, -0.2) is 0 Å². The number of non-ortho nitro benzene ring substituents is 1. The topological polar surface area (TPSA) is 125 Å². The van der Waals surface area contributed by atoms with Crippen molar-refractivity contribution in [1.29, 1.82) is 0 Å². The van der Waals surface area contributed by atoms with Gasteiger partial charge in [0.05, 0.1) is 36.5 Å². The maximum absolute atomic E-state index is 12.5. The molecule has 1 amide bonds. The Bertz CT molecular complexity index is 971. The molecule has 0 radical (unpaired) electrons. The smallest absolute Gasteiger partial charge is 0.269 e. The highest BCUT2D eigenvalue weighted by molar-refractivity contribution is 7.99. The zero-order valence-corrected chi connectivity index (χ0v) is 18.7. The summed E-state index contributed by atoms with van der Waals surface area (Å²) in [6.45, 7) is 5.91. The number of hydrogen-bond acceptors (Lipinski definition) is 9. The van der Waals surface area contributed by atoms with E-state index in [9.17, 15) is 14.9 Å². The molecule has 3 heterocycles. The van der Waals surface area contributed by atoms with Crippen LogP contribution in [-0.4, -0.2) is 70.4 Å². The van der Waals surface area contributed by atoms with Crippen LogP contribution in [-0.2, 0) is 20.8 Å². The van der Waals surface area contributed by atoms with E-state index in [0.717, 1.165) is 38.5 Å². The monoisotopic (exact) mass is 462 g/mol. The first kappa shape index (κ1) is 22.5. The Kier molecular flexibility index (Phi) is 7.22. The maximum atomic E-state index is 12.5. The molecule has 1 N–H and O–H groups in total. The second-order valence-electron chi connectivity index (χ2n) is 7.72. The zero-order chi connectivity index (χ0) is 22.5. The van der Waals surface area contributed by atoms with Gasteiger partial charge in [-0.2, -0.15) is 0 Å². The van der Waals surface area contributed by atoms with Crippen LogP contribution in [0.4, 0.5) is 17.3 Å². The highest BCUT2D eigenvalue weighted by Crippen LogP contribution is 2.26. The number of nitrogens with one attached hydrogen (secondary N) is 1. The van der Waals surface area contributed by atoms with E-state index in [1.807, 2.05) is 4.57 Å². The summed E-state index contributed by atoms with van der Waals surface area (Å²) < 4.78 is 13.3. The standard InChI is InChI=1S/C20H26N6O5S/c1-14-11-15(26(28)29)4-5-17(14)21-18(27)13-32-20-23-22-19(24-6-9-30-10-7-24)25(20)12-16-3-2-8-31-16/h4-5,11,16H,2-3,6-10,12-13H2,1H3,(H,21,27). The lowest BCUT2D eigenvalue weighted by atomic mass is 10.2. The number of thioether (sulfide) groups is 1. The molecule has 172 valence electrons. The Balaban J connectivity index is 1.43. The fourth-order valence-electron chi connectivity index (χ4n) is 3.75. The zero-order valence-electron chi connectivity index (χ0n) is 17.9. The van der Waals surface area contributed by atoms with Gasteiger partial charge < -0.3 is 19.7 Å². The van der Waals surface area contributed by atoms with Crippen molar-refractivity contribution in [3.8, 4) is 0 Å². The SMILES string of the molecule is Cc1cc([N+](=O)[O-])ccc1NC(=O)CSc1nnc(N2CCOCC2)n1CC1CCCO1. The van der Waals surface area contributed by atoms with Gasteiger partial charge in [0, 0.05) is 37.5 Å². The number of aromatic nitrogens is 3. The van der Waals surface area contributed by atoms with Crippen LogP contribution in [0.5, 0.6) is 0 Å². The van der Waals surface area contributed by atoms with Gasteiger partial charge >= 0.3 is 0 Å². The summed E-state index contributed by atoms with van der Waals surface area (Å²) in [6, 6.07) is 4.37. The molecule has 1 aromatic carbocycles. The first-order chi connectivity index (χ1) is 15.5. The van der Waals surface area contributed by atoms with Crippen molar-refractivity contribution in [3.63, 3.8) is 0 Å². The van der Waals surface area contributed by atoms with Gasteiger partial charge in [-0.1, -0.05) is 11.8 Å². The Morgan fingerprint density at radius 3 is 2.81 bits per heavy atom. The number of anilines is 2. The maximum Gasteiger partial charge on any atom is 0.269 e. The molecular weight excluding hydrogens is 436 g/mol. The Labute approximate surface area is 189 Å². The lowest BCUT2D eigenvalue weighted by Crippen LogP contribution is -2.38. The number of carbonyl (C=O) groups is 1. The van der Waals surface area contributed by atoms with Crippen molar-refractivity contribution < 1.29 is 19.2 Å². The number of nitro groups is 1. The van der Waals surface area contributed by atoms with Gasteiger partial charge in [-0.3, -0.25) is 19.5 Å². The van der Waals surface area contributed by atoms with E-state index < -0.39 is 4.92 Å². The molecule has 2 aliphatic rings. The number of benzene rings is 1. The first-order valence-electron chi connectivity index (χ1n) is 10.6. The Morgan fingerprint density at radius 1 is 1.31 bits per heavy atom. The number of carbonyl (C=O) groups excluding carboxylic acids is 1. The van der Waals surface area contributed by atoms with E-state index in [-0.39, 0.29) is 23.5 Å². The third kappa shape index (κ3) is 5.37. The van der Waals surface area contributed by atoms with Crippen molar-refractivity contribution in [1.82, 2.24) is 14.8 Å². The summed E-state index contributed by atoms with van der Waals surface area (Å²) in [5.41, 5.74) is 1.18. The summed E-state index contributed by atoms with van der Waals surface area (Å²) in [4.78, 5) is 25.1. The van der Waals surface area contributed by atoms with E-state index in [1.165, 1.54) is 23.9 Å². The number of amides is 1. The van der Waals surface area contributed by atoms with Gasteiger partial charge in [-0.15, -0.1) is 10.2 Å². The molecule has 0 bridgehead atoms. The predicted molar refractivity (Wildman–Crippen MR) is 119 cm³/mol. The molecule has 11 nitrogen and oxygen atoms in total. The molecule has 4 rings (SSSR count). The van der Waals surface area contributed by atoms with E-state index in [4.69, 9.17) is 9.47 Å². The number of ether oxygens (including phenoxy) is 2. The molecule has 1 unspecified atom stereocenters. The number of nitrogens with zero attached hydrogens (tertiary/aromatic N) is 5. The third-order valence-electron chi connectivity index (χ3n) is 5.43. The van der Waals surface area contributed by atoms with E-state index in [2.05, 4.69) is 20.4 Å². The number of morpholine rings is 1. The molecule has 0 spiro atoms. The molecule has 1 atom stereocenters. The molecule has 0 saturated carbocycles. The lowest BCUT2D eigenvalue weighted by Gasteiger charge is -2.28. The summed E-state index contributed by atoms with van der Waals surface area (Å²) in [6.07, 6.45) is 2.14. The van der Waals surface area contributed by atoms with Gasteiger partial charge in [0.2, 0.25) is 11.9 Å². The molecule has 0 aliphatic carbocycles.